The number of carbonyl (C=O) groups is 2. The van der Waals surface area contributed by atoms with Crippen molar-refractivity contribution in [2.75, 3.05) is 0 Å². The van der Waals surface area contributed by atoms with Crippen LogP contribution in [-0.2, 0) is 4.79 Å². The lowest BCUT2D eigenvalue weighted by atomic mass is 9.93. The molecule has 0 aromatic heterocycles. The van der Waals surface area contributed by atoms with E-state index in [0.717, 1.165) is 33.4 Å². The number of ketones is 1. The van der Waals surface area contributed by atoms with Gasteiger partial charge in [0.1, 0.15) is 4.32 Å². The first-order chi connectivity index (χ1) is 15.9. The number of Topliss-reactive ketones (excluding diaryl/α,β-unsaturated/α-hetero) is 1. The van der Waals surface area contributed by atoms with Crippen LogP contribution in [0.25, 0.3) is 11.1 Å². The van der Waals surface area contributed by atoms with Crippen LogP contribution < -0.4 is 5.32 Å². The molecule has 1 N–H and O–H groups in total. The highest BCUT2D eigenvalue weighted by molar-refractivity contribution is 8.26. The molecule has 0 atom stereocenters. The Morgan fingerprint density at radius 3 is 1.97 bits per heavy atom. The van der Waals surface area contributed by atoms with Crippen molar-refractivity contribution < 1.29 is 9.59 Å². The molecule has 0 aliphatic carbocycles. The number of thioether (sulfide) groups is 1. The normalized spacial score (nSPS) is 15.4. The quantitative estimate of drug-likeness (QED) is 0.254. The van der Waals surface area contributed by atoms with Gasteiger partial charge in [0, 0.05) is 17.6 Å². The summed E-state index contributed by atoms with van der Waals surface area (Å²) in [6, 6.07) is 25.4. The third kappa shape index (κ3) is 5.56. The van der Waals surface area contributed by atoms with Crippen LogP contribution in [0.4, 0.5) is 0 Å². The van der Waals surface area contributed by atoms with Crippen molar-refractivity contribution in [3.05, 3.63) is 118 Å². The fourth-order valence-corrected chi connectivity index (χ4v) is 4.68. The Labute approximate surface area is 203 Å². The third-order valence-corrected chi connectivity index (χ3v) is 6.66. The zero-order chi connectivity index (χ0) is 23.4. The molecule has 1 amide bonds. The molecule has 0 saturated carbocycles. The molecule has 3 aromatic carbocycles. The molecule has 1 aliphatic heterocycles. The number of rotatable bonds is 6. The van der Waals surface area contributed by atoms with E-state index in [1.165, 1.54) is 11.8 Å². The average molecular weight is 470 g/mol. The van der Waals surface area contributed by atoms with Crippen molar-refractivity contribution in [3.63, 3.8) is 0 Å². The molecule has 5 heteroatoms. The van der Waals surface area contributed by atoms with Gasteiger partial charge in [-0.3, -0.25) is 9.59 Å². The summed E-state index contributed by atoms with van der Waals surface area (Å²) in [4.78, 5) is 26.4. The number of nitrogens with one attached hydrogen (secondary N) is 1. The molecule has 164 valence electrons. The lowest BCUT2D eigenvalue weighted by Crippen LogP contribution is -2.18. The molecule has 4 rings (SSSR count). The minimum atomic E-state index is -0.214. The summed E-state index contributed by atoms with van der Waals surface area (Å²) < 4.78 is 0.435. The van der Waals surface area contributed by atoms with E-state index in [0.29, 0.717) is 14.8 Å². The van der Waals surface area contributed by atoms with Crippen LogP contribution in [0.1, 0.15) is 39.0 Å². The van der Waals surface area contributed by atoms with E-state index < -0.39 is 0 Å². The number of hydrogen-bond acceptors (Lipinski definition) is 4. The Bertz CT molecular complexity index is 1270. The van der Waals surface area contributed by atoms with Crippen LogP contribution in [0.2, 0.25) is 0 Å². The van der Waals surface area contributed by atoms with Crippen molar-refractivity contribution in [2.45, 2.75) is 20.3 Å². The number of amides is 1. The second-order valence-electron chi connectivity index (χ2n) is 7.95. The van der Waals surface area contributed by atoms with Gasteiger partial charge >= 0.3 is 0 Å². The predicted octanol–water partition coefficient (Wildman–Crippen LogP) is 6.52. The first kappa shape index (κ1) is 22.9. The molecule has 3 aromatic rings. The summed E-state index contributed by atoms with van der Waals surface area (Å²) in [7, 11) is 0. The van der Waals surface area contributed by atoms with E-state index in [2.05, 4.69) is 5.32 Å². The van der Waals surface area contributed by atoms with E-state index in [9.17, 15) is 9.59 Å². The first-order valence-corrected chi connectivity index (χ1v) is 11.8. The van der Waals surface area contributed by atoms with Gasteiger partial charge in [0.05, 0.1) is 4.91 Å². The highest BCUT2D eigenvalue weighted by atomic mass is 32.2. The molecule has 33 heavy (non-hydrogen) atoms. The predicted molar refractivity (Wildman–Crippen MR) is 141 cm³/mol. The van der Waals surface area contributed by atoms with E-state index >= 15 is 0 Å². The molecule has 1 fully saturated rings. The zero-order valence-corrected chi connectivity index (χ0v) is 20.1. The zero-order valence-electron chi connectivity index (χ0n) is 18.4. The molecule has 0 radical (unpaired) electrons. The van der Waals surface area contributed by atoms with Crippen molar-refractivity contribution in [3.8, 4) is 0 Å². The van der Waals surface area contributed by atoms with Gasteiger partial charge in [0.25, 0.3) is 5.91 Å². The highest BCUT2D eigenvalue weighted by Gasteiger charge is 2.26. The minimum Gasteiger partial charge on any atom is -0.307 e. The van der Waals surface area contributed by atoms with Crippen LogP contribution >= 0.6 is 24.0 Å². The second kappa shape index (κ2) is 10.1. The van der Waals surface area contributed by atoms with Gasteiger partial charge in [-0.2, -0.15) is 0 Å². The van der Waals surface area contributed by atoms with Gasteiger partial charge in [0.2, 0.25) is 0 Å². The SMILES string of the molecule is Cc1ccc(C(=O)CC(=CC(=C2SC(=S)NC2=O)c2ccc(C)cc2)c2ccccc2)cc1. The van der Waals surface area contributed by atoms with Gasteiger partial charge < -0.3 is 5.32 Å². The maximum Gasteiger partial charge on any atom is 0.264 e. The Kier molecular flexibility index (Phi) is 7.02. The fourth-order valence-electron chi connectivity index (χ4n) is 3.58. The molecule has 0 bridgehead atoms. The molecule has 1 heterocycles. The number of aryl methyl sites for hydroxylation is 2. The molecule has 1 aliphatic rings. The van der Waals surface area contributed by atoms with E-state index in [4.69, 9.17) is 12.2 Å². The molecule has 1 saturated heterocycles. The van der Waals surface area contributed by atoms with Crippen molar-refractivity contribution in [1.82, 2.24) is 5.32 Å². The molecule has 0 unspecified atom stereocenters. The standard InChI is InChI=1S/C28H23NO2S2/c1-18-8-12-21(13-9-18)24(26-27(31)29-28(32)33-26)16-23(20-6-4-3-5-7-20)17-25(30)22-14-10-19(2)11-15-22/h3-16H,17H2,1-2H3,(H,29,31,32). The number of carbonyl (C=O) groups excluding carboxylic acids is 2. The highest BCUT2D eigenvalue weighted by Crippen LogP contribution is 2.35. The molecular formula is C28H23NO2S2. The summed E-state index contributed by atoms with van der Waals surface area (Å²) >= 11 is 6.49. The Hall–Kier alpha value is -3.28. The minimum absolute atomic E-state index is 0.0254. The molecule has 3 nitrogen and oxygen atoms in total. The van der Waals surface area contributed by atoms with Crippen molar-refractivity contribution in [1.29, 1.82) is 0 Å². The van der Waals surface area contributed by atoms with Crippen molar-refractivity contribution in [2.24, 2.45) is 0 Å². The lowest BCUT2D eigenvalue weighted by molar-refractivity contribution is -0.115. The van der Waals surface area contributed by atoms with Gasteiger partial charge in [-0.25, -0.2) is 0 Å². The summed E-state index contributed by atoms with van der Waals surface area (Å²) in [5.41, 5.74) is 6.35. The van der Waals surface area contributed by atoms with Gasteiger partial charge in [-0.1, -0.05) is 114 Å². The largest absolute Gasteiger partial charge is 0.307 e. The van der Waals surface area contributed by atoms with Crippen LogP contribution in [0.3, 0.4) is 0 Å². The summed E-state index contributed by atoms with van der Waals surface area (Å²) in [6.07, 6.45) is 2.17. The summed E-state index contributed by atoms with van der Waals surface area (Å²) in [5, 5.41) is 2.71. The van der Waals surface area contributed by atoms with Crippen LogP contribution in [0.5, 0.6) is 0 Å². The number of allylic oxidation sites excluding steroid dienone is 3. The summed E-state index contributed by atoms with van der Waals surface area (Å²) in [5.74, 6) is -0.188. The maximum absolute atomic E-state index is 13.2. The number of thiocarbonyl (C=S) groups is 1. The number of benzene rings is 3. The van der Waals surface area contributed by atoms with Gasteiger partial charge in [-0.05, 0) is 36.6 Å². The molecular weight excluding hydrogens is 446 g/mol. The van der Waals surface area contributed by atoms with Gasteiger partial charge in [-0.15, -0.1) is 0 Å². The fraction of sp³-hybridized carbons (Fsp3) is 0.107. The van der Waals surface area contributed by atoms with Gasteiger partial charge in [0.15, 0.2) is 5.78 Å². The Morgan fingerprint density at radius 2 is 1.42 bits per heavy atom. The van der Waals surface area contributed by atoms with Crippen LogP contribution in [-0.4, -0.2) is 16.0 Å². The van der Waals surface area contributed by atoms with E-state index in [1.807, 2.05) is 98.8 Å². The lowest BCUT2D eigenvalue weighted by Gasteiger charge is -2.12. The van der Waals surface area contributed by atoms with Crippen LogP contribution in [0, 0.1) is 13.8 Å². The Morgan fingerprint density at radius 1 is 0.848 bits per heavy atom. The molecule has 0 spiro atoms. The maximum atomic E-state index is 13.2. The second-order valence-corrected chi connectivity index (χ2v) is 9.64. The Balaban J connectivity index is 1.83. The smallest absolute Gasteiger partial charge is 0.264 e. The third-order valence-electron chi connectivity index (χ3n) is 5.41. The monoisotopic (exact) mass is 469 g/mol. The van der Waals surface area contributed by atoms with Crippen molar-refractivity contribution >= 4 is 51.1 Å². The van der Waals surface area contributed by atoms with E-state index in [1.54, 1.807) is 0 Å². The average Bonchev–Trinajstić information content (AvgIpc) is 3.15. The topological polar surface area (TPSA) is 46.2 Å². The van der Waals surface area contributed by atoms with Crippen LogP contribution in [0.15, 0.2) is 89.8 Å². The first-order valence-electron chi connectivity index (χ1n) is 10.6. The van der Waals surface area contributed by atoms with E-state index in [-0.39, 0.29) is 18.1 Å². The summed E-state index contributed by atoms with van der Waals surface area (Å²) in [6.45, 7) is 4.02. The number of hydrogen-bond donors (Lipinski definition) is 1.